The van der Waals surface area contributed by atoms with Gasteiger partial charge in [-0.05, 0) is 30.0 Å². The van der Waals surface area contributed by atoms with Crippen molar-refractivity contribution in [2.75, 3.05) is 24.5 Å². The van der Waals surface area contributed by atoms with E-state index in [2.05, 4.69) is 56.5 Å². The van der Waals surface area contributed by atoms with E-state index in [1.807, 2.05) is 17.9 Å². The molecule has 1 heterocycles. The molecule has 2 rings (SSSR count). The van der Waals surface area contributed by atoms with Crippen LogP contribution in [0.25, 0.3) is 0 Å². The van der Waals surface area contributed by atoms with Gasteiger partial charge >= 0.3 is 0 Å². The van der Waals surface area contributed by atoms with Gasteiger partial charge in [-0.1, -0.05) is 39.0 Å². The fourth-order valence-electron chi connectivity index (χ4n) is 2.73. The average Bonchev–Trinajstić information content (AvgIpc) is 2.44. The molecule has 1 aliphatic rings. The van der Waals surface area contributed by atoms with Gasteiger partial charge in [0.15, 0.2) is 0 Å². The molecule has 1 atom stereocenters. The molecule has 1 saturated heterocycles. The van der Waals surface area contributed by atoms with Crippen LogP contribution in [0.3, 0.4) is 0 Å². The Balaban J connectivity index is 2.16. The van der Waals surface area contributed by atoms with Gasteiger partial charge < -0.3 is 4.90 Å². The van der Waals surface area contributed by atoms with Crippen molar-refractivity contribution in [3.8, 4) is 0 Å². The first kappa shape index (κ1) is 15.8. The van der Waals surface area contributed by atoms with E-state index in [1.165, 1.54) is 5.56 Å². The summed E-state index contributed by atoms with van der Waals surface area (Å²) in [5.41, 5.74) is 2.42. The minimum atomic E-state index is -0.0842. The van der Waals surface area contributed by atoms with Gasteiger partial charge in [0, 0.05) is 25.3 Å². The first-order valence-electron chi connectivity index (χ1n) is 7.61. The van der Waals surface area contributed by atoms with Gasteiger partial charge in [0.05, 0.1) is 6.04 Å². The van der Waals surface area contributed by atoms with E-state index in [9.17, 15) is 4.79 Å². The molecule has 0 aromatic heterocycles. The highest BCUT2D eigenvalue weighted by Gasteiger charge is 2.31. The maximum Gasteiger partial charge on any atom is 0.244 e. The van der Waals surface area contributed by atoms with E-state index in [0.29, 0.717) is 0 Å². The predicted molar refractivity (Wildman–Crippen MR) is 88.7 cm³/mol. The molecule has 3 heteroatoms. The number of rotatable bonds is 3. The molecule has 3 nitrogen and oxygen atoms in total. The quantitative estimate of drug-likeness (QED) is 0.797. The second kappa shape index (κ2) is 6.02. The van der Waals surface area contributed by atoms with Crippen LogP contribution in [0.1, 0.15) is 33.3 Å². The third-order valence-electron chi connectivity index (χ3n) is 4.19. The van der Waals surface area contributed by atoms with Crippen molar-refractivity contribution in [3.63, 3.8) is 0 Å². The highest BCUT2D eigenvalue weighted by atomic mass is 16.2. The number of anilines is 1. The monoisotopic (exact) mass is 286 g/mol. The van der Waals surface area contributed by atoms with E-state index >= 15 is 0 Å². The fraction of sp³-hybridized carbons (Fsp3) is 0.500. The maximum atomic E-state index is 12.5. The van der Waals surface area contributed by atoms with Crippen LogP contribution in [-0.2, 0) is 10.2 Å². The normalized spacial score (nSPS) is 20.7. The van der Waals surface area contributed by atoms with Crippen LogP contribution >= 0.6 is 0 Å². The van der Waals surface area contributed by atoms with Crippen molar-refractivity contribution in [2.24, 2.45) is 0 Å². The Morgan fingerprint density at radius 1 is 1.24 bits per heavy atom. The summed E-state index contributed by atoms with van der Waals surface area (Å²) < 4.78 is 0. The minimum Gasteiger partial charge on any atom is -0.310 e. The van der Waals surface area contributed by atoms with Crippen LogP contribution in [0.5, 0.6) is 0 Å². The van der Waals surface area contributed by atoms with Crippen LogP contribution in [-0.4, -0.2) is 36.5 Å². The molecule has 1 aromatic rings. The van der Waals surface area contributed by atoms with Crippen LogP contribution < -0.4 is 4.90 Å². The molecule has 0 spiro atoms. The molecule has 1 fully saturated rings. The van der Waals surface area contributed by atoms with E-state index in [-0.39, 0.29) is 17.4 Å². The summed E-state index contributed by atoms with van der Waals surface area (Å²) in [6, 6.07) is 8.30. The number of carbonyl (C=O) groups is 1. The molecule has 0 radical (unpaired) electrons. The Kier molecular flexibility index (Phi) is 4.52. The zero-order valence-electron chi connectivity index (χ0n) is 13.6. The van der Waals surface area contributed by atoms with Crippen molar-refractivity contribution < 1.29 is 4.79 Å². The molecule has 21 heavy (non-hydrogen) atoms. The fourth-order valence-corrected chi connectivity index (χ4v) is 2.73. The zero-order chi connectivity index (χ0) is 15.6. The van der Waals surface area contributed by atoms with E-state index in [4.69, 9.17) is 0 Å². The lowest BCUT2D eigenvalue weighted by atomic mass is 9.87. The maximum absolute atomic E-state index is 12.5. The average molecular weight is 286 g/mol. The lowest BCUT2D eigenvalue weighted by molar-refractivity contribution is -0.124. The van der Waals surface area contributed by atoms with Gasteiger partial charge in [0.25, 0.3) is 0 Å². The van der Waals surface area contributed by atoms with Crippen LogP contribution in [0.2, 0.25) is 0 Å². The van der Waals surface area contributed by atoms with Crippen molar-refractivity contribution in [1.29, 1.82) is 0 Å². The topological polar surface area (TPSA) is 23.6 Å². The Bertz CT molecular complexity index is 513. The molecule has 1 aliphatic heterocycles. The summed E-state index contributed by atoms with van der Waals surface area (Å²) in [6.07, 6.45) is 1.86. The summed E-state index contributed by atoms with van der Waals surface area (Å²) >= 11 is 0. The van der Waals surface area contributed by atoms with Crippen LogP contribution in [0, 0.1) is 0 Å². The summed E-state index contributed by atoms with van der Waals surface area (Å²) in [4.78, 5) is 16.6. The molecule has 1 amide bonds. The largest absolute Gasteiger partial charge is 0.310 e. The minimum absolute atomic E-state index is 0.0842. The second-order valence-electron chi connectivity index (χ2n) is 6.75. The summed E-state index contributed by atoms with van der Waals surface area (Å²) in [7, 11) is 0. The Morgan fingerprint density at radius 2 is 1.86 bits per heavy atom. The summed E-state index contributed by atoms with van der Waals surface area (Å²) in [5, 5.41) is 0. The summed E-state index contributed by atoms with van der Waals surface area (Å²) in [5.74, 6) is 0.173. The Morgan fingerprint density at radius 3 is 2.38 bits per heavy atom. The molecule has 0 bridgehead atoms. The van der Waals surface area contributed by atoms with Gasteiger partial charge in [-0.2, -0.15) is 0 Å². The second-order valence-corrected chi connectivity index (χ2v) is 6.75. The highest BCUT2D eigenvalue weighted by molar-refractivity contribution is 5.97. The van der Waals surface area contributed by atoms with Gasteiger partial charge in [0.2, 0.25) is 5.91 Å². The van der Waals surface area contributed by atoms with Crippen molar-refractivity contribution in [2.45, 2.75) is 39.2 Å². The number of carbonyl (C=O) groups excluding carboxylic acids is 1. The molecular weight excluding hydrogens is 260 g/mol. The van der Waals surface area contributed by atoms with Gasteiger partial charge in [-0.3, -0.25) is 9.69 Å². The molecule has 0 saturated carbocycles. The standard InChI is InChI=1S/C18H26N2O/c1-6-11-19-12-13-20(17(21)14(19)2)16-9-7-15(8-10-16)18(3,4)5/h6-10,14H,1,11-13H2,2-5H3. The van der Waals surface area contributed by atoms with Crippen molar-refractivity contribution in [3.05, 3.63) is 42.5 Å². The van der Waals surface area contributed by atoms with E-state index in [0.717, 1.165) is 25.3 Å². The first-order chi connectivity index (χ1) is 9.84. The smallest absolute Gasteiger partial charge is 0.244 e. The van der Waals surface area contributed by atoms with Gasteiger partial charge in [-0.25, -0.2) is 0 Å². The highest BCUT2D eigenvalue weighted by Crippen LogP contribution is 2.26. The van der Waals surface area contributed by atoms with Crippen LogP contribution in [0.4, 0.5) is 5.69 Å². The number of benzene rings is 1. The van der Waals surface area contributed by atoms with Gasteiger partial charge in [0.1, 0.15) is 0 Å². The Hall–Kier alpha value is -1.61. The number of amides is 1. The SMILES string of the molecule is C=CCN1CCN(c2ccc(C(C)(C)C)cc2)C(=O)C1C. The summed E-state index contributed by atoms with van der Waals surface area (Å²) in [6.45, 7) is 14.7. The number of hydrogen-bond acceptors (Lipinski definition) is 2. The number of piperazine rings is 1. The van der Waals surface area contributed by atoms with Crippen LogP contribution in [0.15, 0.2) is 36.9 Å². The number of nitrogens with zero attached hydrogens (tertiary/aromatic N) is 2. The zero-order valence-corrected chi connectivity index (χ0v) is 13.6. The molecule has 0 N–H and O–H groups in total. The first-order valence-corrected chi connectivity index (χ1v) is 7.61. The molecule has 0 aliphatic carbocycles. The molecular formula is C18H26N2O. The number of hydrogen-bond donors (Lipinski definition) is 0. The Labute approximate surface area is 128 Å². The third kappa shape index (κ3) is 3.35. The molecule has 114 valence electrons. The van der Waals surface area contributed by atoms with Crippen molar-refractivity contribution in [1.82, 2.24) is 4.90 Å². The third-order valence-corrected chi connectivity index (χ3v) is 4.19. The lowest BCUT2D eigenvalue weighted by Gasteiger charge is -2.38. The molecule has 1 aromatic carbocycles. The van der Waals surface area contributed by atoms with Gasteiger partial charge in [-0.15, -0.1) is 6.58 Å². The predicted octanol–water partition coefficient (Wildman–Crippen LogP) is 3.21. The van der Waals surface area contributed by atoms with Crippen molar-refractivity contribution >= 4 is 11.6 Å². The lowest BCUT2D eigenvalue weighted by Crippen LogP contribution is -2.55. The molecule has 1 unspecified atom stereocenters. The van der Waals surface area contributed by atoms with E-state index in [1.54, 1.807) is 0 Å². The van der Waals surface area contributed by atoms with E-state index < -0.39 is 0 Å².